The van der Waals surface area contributed by atoms with E-state index in [1.807, 2.05) is 31.4 Å². The molecule has 0 bridgehead atoms. The van der Waals surface area contributed by atoms with Gasteiger partial charge in [0.2, 0.25) is 0 Å². The number of hydrogen-bond donors (Lipinski definition) is 2. The third-order valence-corrected chi connectivity index (χ3v) is 4.19. The first-order valence-corrected chi connectivity index (χ1v) is 8.22. The molecule has 1 heterocycles. The van der Waals surface area contributed by atoms with Gasteiger partial charge in [0, 0.05) is 34.6 Å². The lowest BCUT2D eigenvalue weighted by Gasteiger charge is -2.16. The van der Waals surface area contributed by atoms with Gasteiger partial charge in [-0.3, -0.25) is 4.79 Å². The number of rotatable bonds is 6. The Morgan fingerprint density at radius 3 is 2.86 bits per heavy atom. The van der Waals surface area contributed by atoms with Crippen LogP contribution in [0.5, 0.6) is 0 Å². The van der Waals surface area contributed by atoms with E-state index in [1.165, 1.54) is 4.88 Å². The molecule has 2 aromatic rings. The van der Waals surface area contributed by atoms with Crippen molar-refractivity contribution in [3.05, 3.63) is 51.2 Å². The Hall–Kier alpha value is -1.52. The highest BCUT2D eigenvalue weighted by Crippen LogP contribution is 2.21. The molecule has 21 heavy (non-hydrogen) atoms. The SMILES string of the molecule is CCNc1ccc(Cl)cc1C(=O)NC(C)Cc1cccs1. The molecule has 0 aliphatic carbocycles. The molecule has 0 aliphatic rings. The molecule has 0 spiro atoms. The summed E-state index contributed by atoms with van der Waals surface area (Å²) in [7, 11) is 0. The lowest BCUT2D eigenvalue weighted by Crippen LogP contribution is -2.34. The first kappa shape index (κ1) is 15.9. The van der Waals surface area contributed by atoms with E-state index in [0.717, 1.165) is 18.7 Å². The van der Waals surface area contributed by atoms with Crippen LogP contribution in [-0.4, -0.2) is 18.5 Å². The molecule has 0 radical (unpaired) electrons. The molecular weight excluding hydrogens is 304 g/mol. The van der Waals surface area contributed by atoms with E-state index in [0.29, 0.717) is 10.6 Å². The summed E-state index contributed by atoms with van der Waals surface area (Å²) < 4.78 is 0. The monoisotopic (exact) mass is 322 g/mol. The van der Waals surface area contributed by atoms with Gasteiger partial charge in [-0.25, -0.2) is 0 Å². The highest BCUT2D eigenvalue weighted by molar-refractivity contribution is 7.09. The average Bonchev–Trinajstić information content (AvgIpc) is 2.93. The first-order valence-electron chi connectivity index (χ1n) is 6.96. The fourth-order valence-corrected chi connectivity index (χ4v) is 3.14. The second-order valence-corrected chi connectivity index (χ2v) is 6.35. The number of anilines is 1. The number of nitrogens with one attached hydrogen (secondary N) is 2. The van der Waals surface area contributed by atoms with Gasteiger partial charge in [0.15, 0.2) is 0 Å². The van der Waals surface area contributed by atoms with Crippen LogP contribution in [0.15, 0.2) is 35.7 Å². The number of thiophene rings is 1. The highest BCUT2D eigenvalue weighted by atomic mass is 35.5. The molecule has 1 atom stereocenters. The van der Waals surface area contributed by atoms with Gasteiger partial charge in [0.05, 0.1) is 5.56 Å². The Bertz CT molecular complexity index is 598. The van der Waals surface area contributed by atoms with Gasteiger partial charge in [-0.05, 0) is 43.5 Å². The molecule has 1 amide bonds. The van der Waals surface area contributed by atoms with Crippen LogP contribution in [0.4, 0.5) is 5.69 Å². The van der Waals surface area contributed by atoms with Gasteiger partial charge in [-0.2, -0.15) is 0 Å². The van der Waals surface area contributed by atoms with Crippen LogP contribution in [0.1, 0.15) is 29.1 Å². The molecule has 0 saturated carbocycles. The highest BCUT2D eigenvalue weighted by Gasteiger charge is 2.15. The van der Waals surface area contributed by atoms with Crippen molar-refractivity contribution in [3.8, 4) is 0 Å². The number of carbonyl (C=O) groups is 1. The molecule has 3 nitrogen and oxygen atoms in total. The van der Waals surface area contributed by atoms with Crippen molar-refractivity contribution in [2.45, 2.75) is 26.3 Å². The maximum Gasteiger partial charge on any atom is 0.253 e. The zero-order chi connectivity index (χ0) is 15.2. The van der Waals surface area contributed by atoms with Crippen LogP contribution in [0.3, 0.4) is 0 Å². The van der Waals surface area contributed by atoms with E-state index in [4.69, 9.17) is 11.6 Å². The minimum absolute atomic E-state index is 0.0737. The largest absolute Gasteiger partial charge is 0.385 e. The Morgan fingerprint density at radius 1 is 1.38 bits per heavy atom. The predicted octanol–water partition coefficient (Wildman–Crippen LogP) is 4.19. The lowest BCUT2D eigenvalue weighted by atomic mass is 10.1. The van der Waals surface area contributed by atoms with Gasteiger partial charge < -0.3 is 10.6 Å². The van der Waals surface area contributed by atoms with Crippen molar-refractivity contribution in [3.63, 3.8) is 0 Å². The van der Waals surface area contributed by atoms with Crippen LogP contribution >= 0.6 is 22.9 Å². The van der Waals surface area contributed by atoms with Crippen molar-refractivity contribution in [2.24, 2.45) is 0 Å². The van der Waals surface area contributed by atoms with Crippen molar-refractivity contribution in [1.29, 1.82) is 0 Å². The van der Waals surface area contributed by atoms with E-state index < -0.39 is 0 Å². The summed E-state index contributed by atoms with van der Waals surface area (Å²) in [6.45, 7) is 4.76. The van der Waals surface area contributed by atoms with E-state index >= 15 is 0 Å². The Kier molecular flexibility index (Phi) is 5.65. The van der Waals surface area contributed by atoms with Gasteiger partial charge >= 0.3 is 0 Å². The smallest absolute Gasteiger partial charge is 0.253 e. The maximum atomic E-state index is 12.4. The van der Waals surface area contributed by atoms with Crippen molar-refractivity contribution in [1.82, 2.24) is 5.32 Å². The first-order chi connectivity index (χ1) is 10.1. The van der Waals surface area contributed by atoms with E-state index in [1.54, 1.807) is 23.5 Å². The second-order valence-electron chi connectivity index (χ2n) is 4.88. The Labute approximate surface area is 134 Å². The summed E-state index contributed by atoms with van der Waals surface area (Å²) in [4.78, 5) is 13.7. The second kappa shape index (κ2) is 7.48. The fraction of sp³-hybridized carbons (Fsp3) is 0.312. The Balaban J connectivity index is 2.07. The summed E-state index contributed by atoms with van der Waals surface area (Å²) in [5.41, 5.74) is 1.39. The third kappa shape index (κ3) is 4.48. The number of amides is 1. The molecule has 0 aliphatic heterocycles. The minimum atomic E-state index is -0.0995. The number of halogens is 1. The summed E-state index contributed by atoms with van der Waals surface area (Å²) in [6, 6.07) is 9.50. The van der Waals surface area contributed by atoms with E-state index in [2.05, 4.69) is 16.7 Å². The number of hydrogen-bond acceptors (Lipinski definition) is 3. The summed E-state index contributed by atoms with van der Waals surface area (Å²) in [5.74, 6) is -0.0995. The van der Waals surface area contributed by atoms with Gasteiger partial charge in [-0.1, -0.05) is 17.7 Å². The third-order valence-electron chi connectivity index (χ3n) is 3.06. The molecular formula is C16H19ClN2OS. The molecule has 2 rings (SSSR count). The van der Waals surface area contributed by atoms with E-state index in [9.17, 15) is 4.79 Å². The van der Waals surface area contributed by atoms with E-state index in [-0.39, 0.29) is 11.9 Å². The van der Waals surface area contributed by atoms with Gasteiger partial charge in [0.1, 0.15) is 0 Å². The summed E-state index contributed by atoms with van der Waals surface area (Å²) >= 11 is 7.71. The number of carbonyl (C=O) groups excluding carboxylic acids is 1. The van der Waals surface area contributed by atoms with Crippen LogP contribution in [0.2, 0.25) is 5.02 Å². The van der Waals surface area contributed by atoms with Crippen LogP contribution < -0.4 is 10.6 Å². The predicted molar refractivity (Wildman–Crippen MR) is 90.6 cm³/mol. The topological polar surface area (TPSA) is 41.1 Å². The van der Waals surface area contributed by atoms with Crippen LogP contribution in [0, 0.1) is 0 Å². The zero-order valence-corrected chi connectivity index (χ0v) is 13.7. The molecule has 2 N–H and O–H groups in total. The molecule has 5 heteroatoms. The van der Waals surface area contributed by atoms with Crippen molar-refractivity contribution in [2.75, 3.05) is 11.9 Å². The fourth-order valence-electron chi connectivity index (χ4n) is 2.13. The average molecular weight is 323 g/mol. The van der Waals surface area contributed by atoms with Gasteiger partial charge in [0.25, 0.3) is 5.91 Å². The number of benzene rings is 1. The molecule has 1 unspecified atom stereocenters. The maximum absolute atomic E-state index is 12.4. The lowest BCUT2D eigenvalue weighted by molar-refractivity contribution is 0.0941. The molecule has 112 valence electrons. The summed E-state index contributed by atoms with van der Waals surface area (Å²) in [5, 5.41) is 8.82. The summed E-state index contributed by atoms with van der Waals surface area (Å²) in [6.07, 6.45) is 0.834. The quantitative estimate of drug-likeness (QED) is 0.837. The minimum Gasteiger partial charge on any atom is -0.385 e. The molecule has 1 aromatic heterocycles. The van der Waals surface area contributed by atoms with Crippen LogP contribution in [0.25, 0.3) is 0 Å². The molecule has 1 aromatic carbocycles. The molecule has 0 fully saturated rings. The molecule has 0 saturated heterocycles. The Morgan fingerprint density at radius 2 is 2.19 bits per heavy atom. The van der Waals surface area contributed by atoms with Crippen molar-refractivity contribution >= 4 is 34.5 Å². The standard InChI is InChI=1S/C16H19ClN2OS/c1-3-18-15-7-6-12(17)10-14(15)16(20)19-11(2)9-13-5-4-8-21-13/h4-8,10-11,18H,3,9H2,1-2H3,(H,19,20). The van der Waals surface area contributed by atoms with Crippen LogP contribution in [-0.2, 0) is 6.42 Å². The zero-order valence-electron chi connectivity index (χ0n) is 12.2. The van der Waals surface area contributed by atoms with Crippen molar-refractivity contribution < 1.29 is 4.79 Å². The normalized spacial score (nSPS) is 12.0. The van der Waals surface area contributed by atoms with Gasteiger partial charge in [-0.15, -0.1) is 11.3 Å².